The number of benzene rings is 1. The Morgan fingerprint density at radius 2 is 2.11 bits per heavy atom. The average molecular weight is 276 g/mol. The molecule has 0 saturated heterocycles. The molecule has 3 N–H and O–H groups in total. The topological polar surface area (TPSA) is 101 Å². The van der Waals surface area contributed by atoms with Crippen molar-refractivity contribution in [2.24, 2.45) is 5.14 Å². The number of nitrogens with two attached hydrogens (primary N) is 1. The van der Waals surface area contributed by atoms with Crippen LogP contribution in [0.4, 0.5) is 10.1 Å². The summed E-state index contributed by atoms with van der Waals surface area (Å²) in [6.07, 6.45) is 0. The maximum atomic E-state index is 13.7. The van der Waals surface area contributed by atoms with E-state index in [0.717, 1.165) is 12.1 Å². The third-order valence-corrected chi connectivity index (χ3v) is 3.21. The van der Waals surface area contributed by atoms with Crippen LogP contribution in [0.1, 0.15) is 6.92 Å². The summed E-state index contributed by atoms with van der Waals surface area (Å²) in [5.41, 5.74) is 0.0206. The van der Waals surface area contributed by atoms with Gasteiger partial charge in [0.1, 0.15) is 12.4 Å². The SMILES string of the molecule is CCN(CC(=O)O)c1ccc(S(N)(=O)=O)cc1F. The van der Waals surface area contributed by atoms with E-state index in [4.69, 9.17) is 10.2 Å². The number of primary sulfonamides is 1. The maximum Gasteiger partial charge on any atom is 0.323 e. The van der Waals surface area contributed by atoms with Crippen LogP contribution in [0.15, 0.2) is 23.1 Å². The molecule has 6 nitrogen and oxygen atoms in total. The predicted molar refractivity (Wildman–Crippen MR) is 63.3 cm³/mol. The quantitative estimate of drug-likeness (QED) is 0.810. The standard InChI is InChI=1S/C10H13FN2O4S/c1-2-13(6-10(14)15)9-4-3-7(5-8(9)11)18(12,16)17/h3-5H,2,6H2,1H3,(H,14,15)(H2,12,16,17). The van der Waals surface area contributed by atoms with Crippen molar-refractivity contribution in [1.82, 2.24) is 0 Å². The van der Waals surface area contributed by atoms with Crippen LogP contribution < -0.4 is 10.0 Å². The van der Waals surface area contributed by atoms with Crippen LogP contribution in [0, 0.1) is 5.82 Å². The lowest BCUT2D eigenvalue weighted by molar-refractivity contribution is -0.135. The van der Waals surface area contributed by atoms with Crippen LogP contribution in [0.5, 0.6) is 0 Å². The number of hydrogen-bond acceptors (Lipinski definition) is 4. The average Bonchev–Trinajstić information content (AvgIpc) is 2.24. The highest BCUT2D eigenvalue weighted by molar-refractivity contribution is 7.89. The number of carboxylic acid groups (broad SMARTS) is 1. The largest absolute Gasteiger partial charge is 0.480 e. The molecule has 0 aliphatic heterocycles. The molecule has 0 spiro atoms. The molecule has 0 radical (unpaired) electrons. The van der Waals surface area contributed by atoms with Crippen LogP contribution in [0.3, 0.4) is 0 Å². The summed E-state index contributed by atoms with van der Waals surface area (Å²) >= 11 is 0. The first-order chi connectivity index (χ1) is 8.25. The maximum absolute atomic E-state index is 13.7. The van der Waals surface area contributed by atoms with E-state index in [1.165, 1.54) is 11.0 Å². The number of nitrogens with zero attached hydrogens (tertiary/aromatic N) is 1. The molecule has 18 heavy (non-hydrogen) atoms. The van der Waals surface area contributed by atoms with Crippen molar-refractivity contribution in [3.8, 4) is 0 Å². The number of sulfonamides is 1. The minimum atomic E-state index is -3.97. The minimum Gasteiger partial charge on any atom is -0.480 e. The van der Waals surface area contributed by atoms with Crippen molar-refractivity contribution in [2.75, 3.05) is 18.0 Å². The normalized spacial score (nSPS) is 11.3. The number of likely N-dealkylation sites (N-methyl/N-ethyl adjacent to an activating group) is 1. The van der Waals surface area contributed by atoms with Crippen LogP contribution in [0.2, 0.25) is 0 Å². The predicted octanol–water partition coefficient (Wildman–Crippen LogP) is 0.384. The van der Waals surface area contributed by atoms with Gasteiger partial charge in [-0.25, -0.2) is 17.9 Å². The van der Waals surface area contributed by atoms with Gasteiger partial charge < -0.3 is 10.0 Å². The second-order valence-electron chi connectivity index (χ2n) is 3.57. The summed E-state index contributed by atoms with van der Waals surface area (Å²) < 4.78 is 35.7. The third kappa shape index (κ3) is 3.41. The van der Waals surface area contributed by atoms with Crippen molar-refractivity contribution in [2.45, 2.75) is 11.8 Å². The molecule has 0 atom stereocenters. The number of halogens is 1. The highest BCUT2D eigenvalue weighted by Gasteiger charge is 2.16. The van der Waals surface area contributed by atoms with Crippen molar-refractivity contribution in [1.29, 1.82) is 0 Å². The molecule has 100 valence electrons. The zero-order valence-electron chi connectivity index (χ0n) is 9.63. The monoisotopic (exact) mass is 276 g/mol. The molecule has 8 heteroatoms. The molecule has 1 rings (SSSR count). The van der Waals surface area contributed by atoms with Gasteiger partial charge >= 0.3 is 5.97 Å². The van der Waals surface area contributed by atoms with Crippen LogP contribution >= 0.6 is 0 Å². The Bertz CT molecular complexity index is 559. The molecular weight excluding hydrogens is 263 g/mol. The molecule has 0 heterocycles. The second-order valence-corrected chi connectivity index (χ2v) is 5.13. The Balaban J connectivity index is 3.15. The van der Waals surface area contributed by atoms with E-state index < -0.39 is 21.8 Å². The number of carboxylic acids is 1. The molecule has 0 amide bonds. The molecule has 0 fully saturated rings. The first-order valence-electron chi connectivity index (χ1n) is 5.04. The Kier molecular flexibility index (Phi) is 4.25. The van der Waals surface area contributed by atoms with E-state index in [1.807, 2.05) is 0 Å². The van der Waals surface area contributed by atoms with E-state index in [1.54, 1.807) is 6.92 Å². The third-order valence-electron chi connectivity index (χ3n) is 2.30. The van der Waals surface area contributed by atoms with E-state index >= 15 is 0 Å². The van der Waals surface area contributed by atoms with Crippen LogP contribution in [-0.4, -0.2) is 32.6 Å². The van der Waals surface area contributed by atoms with E-state index in [0.29, 0.717) is 0 Å². The van der Waals surface area contributed by atoms with Gasteiger partial charge in [-0.15, -0.1) is 0 Å². The summed E-state index contributed by atoms with van der Waals surface area (Å²) in [7, 11) is -3.97. The zero-order valence-corrected chi connectivity index (χ0v) is 10.4. The summed E-state index contributed by atoms with van der Waals surface area (Å²) in [6.45, 7) is 1.57. The van der Waals surface area contributed by atoms with Gasteiger partial charge in [0, 0.05) is 6.54 Å². The molecule has 0 aliphatic carbocycles. The molecule has 0 unspecified atom stereocenters. The number of hydrogen-bond donors (Lipinski definition) is 2. The molecular formula is C10H13FN2O4S. The Morgan fingerprint density at radius 1 is 1.50 bits per heavy atom. The summed E-state index contributed by atoms with van der Waals surface area (Å²) in [4.78, 5) is 11.5. The minimum absolute atomic E-state index is 0.0206. The van der Waals surface area contributed by atoms with Crippen LogP contribution in [0.25, 0.3) is 0 Å². The van der Waals surface area contributed by atoms with Crippen molar-refractivity contribution in [3.05, 3.63) is 24.0 Å². The van der Waals surface area contributed by atoms with Gasteiger partial charge in [-0.1, -0.05) is 0 Å². The summed E-state index contributed by atoms with van der Waals surface area (Å²) in [5.74, 6) is -1.93. The fourth-order valence-corrected chi connectivity index (χ4v) is 1.98. The first kappa shape index (κ1) is 14.4. The van der Waals surface area contributed by atoms with Gasteiger partial charge in [0.15, 0.2) is 0 Å². The smallest absolute Gasteiger partial charge is 0.323 e. The van der Waals surface area contributed by atoms with Gasteiger partial charge in [0.2, 0.25) is 10.0 Å². The number of aliphatic carboxylic acids is 1. The molecule has 0 aromatic heterocycles. The van der Waals surface area contributed by atoms with Gasteiger partial charge in [-0.05, 0) is 25.1 Å². The zero-order chi connectivity index (χ0) is 13.9. The highest BCUT2D eigenvalue weighted by Crippen LogP contribution is 2.21. The number of anilines is 1. The molecule has 0 aliphatic rings. The summed E-state index contributed by atoms with van der Waals surface area (Å²) in [5, 5.41) is 13.5. The molecule has 1 aromatic rings. The van der Waals surface area contributed by atoms with Crippen molar-refractivity contribution >= 4 is 21.7 Å². The van der Waals surface area contributed by atoms with E-state index in [-0.39, 0.29) is 23.7 Å². The van der Waals surface area contributed by atoms with Gasteiger partial charge in [-0.3, -0.25) is 4.79 Å². The lowest BCUT2D eigenvalue weighted by Gasteiger charge is -2.21. The van der Waals surface area contributed by atoms with Crippen LogP contribution in [-0.2, 0) is 14.8 Å². The molecule has 0 bridgehead atoms. The molecule has 1 aromatic carbocycles. The number of rotatable bonds is 5. The van der Waals surface area contributed by atoms with Crippen molar-refractivity contribution < 1.29 is 22.7 Å². The molecule has 0 saturated carbocycles. The Hall–Kier alpha value is -1.67. The lowest BCUT2D eigenvalue weighted by Crippen LogP contribution is -2.30. The second kappa shape index (κ2) is 5.32. The fraction of sp³-hybridized carbons (Fsp3) is 0.300. The van der Waals surface area contributed by atoms with E-state index in [2.05, 4.69) is 0 Å². The van der Waals surface area contributed by atoms with Gasteiger partial charge in [0.05, 0.1) is 10.6 Å². The number of carbonyl (C=O) groups is 1. The lowest BCUT2D eigenvalue weighted by atomic mass is 10.2. The highest BCUT2D eigenvalue weighted by atomic mass is 32.2. The Morgan fingerprint density at radius 3 is 2.50 bits per heavy atom. The van der Waals surface area contributed by atoms with Crippen molar-refractivity contribution in [3.63, 3.8) is 0 Å². The fourth-order valence-electron chi connectivity index (χ4n) is 1.45. The Labute approximate surface area is 104 Å². The van der Waals surface area contributed by atoms with E-state index in [9.17, 15) is 17.6 Å². The summed E-state index contributed by atoms with van der Waals surface area (Å²) in [6, 6.07) is 3.11. The first-order valence-corrected chi connectivity index (χ1v) is 6.59. The van der Waals surface area contributed by atoms with Gasteiger partial charge in [-0.2, -0.15) is 0 Å². The van der Waals surface area contributed by atoms with Gasteiger partial charge in [0.25, 0.3) is 0 Å².